The number of piperidine rings is 1. The number of aromatic amines is 1. The van der Waals surface area contributed by atoms with Gasteiger partial charge in [-0.3, -0.25) is 14.7 Å². The third-order valence-electron chi connectivity index (χ3n) is 6.17. The van der Waals surface area contributed by atoms with Gasteiger partial charge in [-0.25, -0.2) is 13.9 Å². The molecule has 0 spiro atoms. The number of rotatable bonds is 2. The van der Waals surface area contributed by atoms with Crippen molar-refractivity contribution < 1.29 is 9.18 Å². The molecule has 2 aliphatic heterocycles. The van der Waals surface area contributed by atoms with Crippen LogP contribution in [-0.4, -0.2) is 37.5 Å². The summed E-state index contributed by atoms with van der Waals surface area (Å²) >= 11 is 0. The van der Waals surface area contributed by atoms with Crippen LogP contribution in [0.3, 0.4) is 0 Å². The van der Waals surface area contributed by atoms with E-state index in [1.165, 1.54) is 22.7 Å². The molecule has 5 rings (SSSR count). The summed E-state index contributed by atoms with van der Waals surface area (Å²) < 4.78 is 14.6. The van der Waals surface area contributed by atoms with E-state index in [1.54, 1.807) is 13.1 Å². The Kier molecular flexibility index (Phi) is 3.86. The van der Waals surface area contributed by atoms with Gasteiger partial charge in [0.25, 0.3) is 11.5 Å². The number of aromatic nitrogens is 3. The zero-order chi connectivity index (χ0) is 19.4. The second-order valence-electron chi connectivity index (χ2n) is 7.90. The molecule has 28 heavy (non-hydrogen) atoms. The number of carbonyl (C=O) groups is 1. The van der Waals surface area contributed by atoms with Crippen molar-refractivity contribution in [3.8, 4) is 0 Å². The molecule has 1 aromatic carbocycles. The highest BCUT2D eigenvalue weighted by Crippen LogP contribution is 2.43. The SMILES string of the molecule is Cc1cc(=O)n2[nH]cc(C(=O)N3C4CCC3CC(c3ccc(F)cc3)C4)c2n1. The van der Waals surface area contributed by atoms with Crippen molar-refractivity contribution in [3.63, 3.8) is 0 Å². The number of hydrogen-bond donors (Lipinski definition) is 1. The molecule has 144 valence electrons. The molecule has 1 N–H and O–H groups in total. The van der Waals surface area contributed by atoms with Gasteiger partial charge in [0.1, 0.15) is 11.4 Å². The fraction of sp³-hybridized carbons (Fsp3) is 0.381. The van der Waals surface area contributed by atoms with Gasteiger partial charge in [-0.05, 0) is 56.2 Å². The lowest BCUT2D eigenvalue weighted by Crippen LogP contribution is -2.46. The van der Waals surface area contributed by atoms with Gasteiger partial charge in [0.2, 0.25) is 0 Å². The predicted molar refractivity (Wildman–Crippen MR) is 102 cm³/mol. The highest BCUT2D eigenvalue weighted by Gasteiger charge is 2.44. The number of fused-ring (bicyclic) bond motifs is 3. The number of hydrogen-bond acceptors (Lipinski definition) is 3. The Hall–Kier alpha value is -2.96. The maximum absolute atomic E-state index is 13.3. The second-order valence-corrected chi connectivity index (χ2v) is 7.90. The van der Waals surface area contributed by atoms with E-state index in [0.717, 1.165) is 31.2 Å². The molecule has 6 nitrogen and oxygen atoms in total. The smallest absolute Gasteiger partial charge is 0.272 e. The Labute approximate surface area is 161 Å². The first-order chi connectivity index (χ1) is 13.5. The first-order valence-corrected chi connectivity index (χ1v) is 9.67. The third kappa shape index (κ3) is 2.65. The summed E-state index contributed by atoms with van der Waals surface area (Å²) in [5.41, 5.74) is 2.34. The summed E-state index contributed by atoms with van der Waals surface area (Å²) in [5.74, 6) is 0.0473. The molecule has 2 aliphatic rings. The molecule has 2 bridgehead atoms. The van der Waals surface area contributed by atoms with Gasteiger partial charge in [0, 0.05) is 30.0 Å². The average Bonchev–Trinajstić information content (AvgIpc) is 3.20. The van der Waals surface area contributed by atoms with Gasteiger partial charge in [-0.1, -0.05) is 12.1 Å². The lowest BCUT2D eigenvalue weighted by atomic mass is 9.85. The Bertz CT molecular complexity index is 1100. The van der Waals surface area contributed by atoms with Crippen molar-refractivity contribution in [2.45, 2.75) is 50.6 Å². The van der Waals surface area contributed by atoms with Crippen molar-refractivity contribution in [2.75, 3.05) is 0 Å². The molecule has 0 radical (unpaired) electrons. The molecule has 1 amide bonds. The third-order valence-corrected chi connectivity index (χ3v) is 6.17. The molecule has 0 aliphatic carbocycles. The fourth-order valence-electron chi connectivity index (χ4n) is 4.91. The van der Waals surface area contributed by atoms with E-state index >= 15 is 0 Å². The molecule has 3 aromatic rings. The van der Waals surface area contributed by atoms with E-state index < -0.39 is 0 Å². The normalized spacial score (nSPS) is 24.1. The maximum Gasteiger partial charge on any atom is 0.272 e. The minimum Gasteiger partial charge on any atom is -0.332 e. The van der Waals surface area contributed by atoms with Crippen LogP contribution in [0.4, 0.5) is 4.39 Å². The molecule has 2 atom stereocenters. The maximum atomic E-state index is 13.3. The number of benzene rings is 1. The number of nitrogens with zero attached hydrogens (tertiary/aromatic N) is 3. The number of nitrogens with one attached hydrogen (secondary N) is 1. The van der Waals surface area contributed by atoms with E-state index in [0.29, 0.717) is 22.8 Å². The molecule has 7 heteroatoms. The largest absolute Gasteiger partial charge is 0.332 e. The van der Waals surface area contributed by atoms with Crippen molar-refractivity contribution >= 4 is 11.6 Å². The average molecular weight is 380 g/mol. The minimum atomic E-state index is -0.225. The van der Waals surface area contributed by atoms with Gasteiger partial charge in [0.15, 0.2) is 5.65 Å². The molecule has 2 unspecified atom stereocenters. The first-order valence-electron chi connectivity index (χ1n) is 9.67. The van der Waals surface area contributed by atoms with Crippen molar-refractivity contribution in [2.24, 2.45) is 0 Å². The van der Waals surface area contributed by atoms with E-state index in [-0.39, 0.29) is 29.4 Å². The summed E-state index contributed by atoms with van der Waals surface area (Å²) in [5, 5.41) is 2.85. The predicted octanol–water partition coefficient (Wildman–Crippen LogP) is 3.02. The van der Waals surface area contributed by atoms with Crippen LogP contribution in [0.2, 0.25) is 0 Å². The standard InChI is InChI=1S/C21H21FN4O2/c1-12-8-19(27)26-20(24-12)18(11-23-26)21(28)25-16-6-7-17(25)10-14(9-16)13-2-4-15(22)5-3-13/h2-5,8,11,14,16-17,23H,6-7,9-10H2,1H3. The van der Waals surface area contributed by atoms with E-state index in [9.17, 15) is 14.0 Å². The summed E-state index contributed by atoms with van der Waals surface area (Å²) in [6.07, 6.45) is 5.29. The minimum absolute atomic E-state index is 0.0682. The van der Waals surface area contributed by atoms with Crippen LogP contribution in [0.5, 0.6) is 0 Å². The monoisotopic (exact) mass is 380 g/mol. The molecule has 4 heterocycles. The second kappa shape index (κ2) is 6.29. The van der Waals surface area contributed by atoms with E-state index in [4.69, 9.17) is 0 Å². The number of carbonyl (C=O) groups excluding carboxylic acids is 1. The summed E-state index contributed by atoms with van der Waals surface area (Å²) in [6.45, 7) is 1.75. The van der Waals surface area contributed by atoms with Crippen LogP contribution in [0.1, 0.15) is 53.2 Å². The Morgan fingerprint density at radius 1 is 1.18 bits per heavy atom. The summed E-state index contributed by atoms with van der Waals surface area (Å²) in [6, 6.07) is 8.49. The quantitative estimate of drug-likeness (QED) is 0.743. The molecular weight excluding hydrogens is 359 g/mol. The number of aryl methyl sites for hydroxylation is 1. The molecule has 2 aromatic heterocycles. The molecule has 2 saturated heterocycles. The zero-order valence-corrected chi connectivity index (χ0v) is 15.6. The highest BCUT2D eigenvalue weighted by molar-refractivity contribution is 6.00. The van der Waals surface area contributed by atoms with Gasteiger partial charge in [-0.2, -0.15) is 0 Å². The fourth-order valence-corrected chi connectivity index (χ4v) is 4.91. The van der Waals surface area contributed by atoms with Gasteiger partial charge < -0.3 is 4.90 Å². The lowest BCUT2D eigenvalue weighted by Gasteiger charge is -2.39. The van der Waals surface area contributed by atoms with Crippen molar-refractivity contribution in [3.05, 3.63) is 69.5 Å². The number of halogens is 1. The zero-order valence-electron chi connectivity index (χ0n) is 15.6. The van der Waals surface area contributed by atoms with E-state index in [2.05, 4.69) is 10.1 Å². The van der Waals surface area contributed by atoms with Crippen molar-refractivity contribution in [1.29, 1.82) is 0 Å². The van der Waals surface area contributed by atoms with E-state index in [1.807, 2.05) is 17.0 Å². The molecule has 2 fully saturated rings. The van der Waals surface area contributed by atoms with Gasteiger partial charge in [-0.15, -0.1) is 0 Å². The number of H-pyrrole nitrogens is 1. The van der Waals surface area contributed by atoms with Crippen LogP contribution in [-0.2, 0) is 0 Å². The Morgan fingerprint density at radius 3 is 2.54 bits per heavy atom. The molecular formula is C21H21FN4O2. The van der Waals surface area contributed by atoms with Crippen molar-refractivity contribution in [1.82, 2.24) is 19.5 Å². The summed E-state index contributed by atoms with van der Waals surface area (Å²) in [7, 11) is 0. The Balaban J connectivity index is 1.45. The van der Waals surface area contributed by atoms with Crippen LogP contribution < -0.4 is 5.56 Å². The number of amides is 1. The molecule has 0 saturated carbocycles. The van der Waals surface area contributed by atoms with Crippen LogP contribution in [0, 0.1) is 12.7 Å². The Morgan fingerprint density at radius 2 is 1.86 bits per heavy atom. The summed E-state index contributed by atoms with van der Waals surface area (Å²) in [4.78, 5) is 31.8. The highest BCUT2D eigenvalue weighted by atomic mass is 19.1. The van der Waals surface area contributed by atoms with Gasteiger partial charge >= 0.3 is 0 Å². The van der Waals surface area contributed by atoms with Crippen LogP contribution in [0.25, 0.3) is 5.65 Å². The topological polar surface area (TPSA) is 70.5 Å². The van der Waals surface area contributed by atoms with Gasteiger partial charge in [0.05, 0.1) is 0 Å². The van der Waals surface area contributed by atoms with Crippen LogP contribution >= 0.6 is 0 Å². The first kappa shape index (κ1) is 17.2. The van der Waals surface area contributed by atoms with Crippen LogP contribution in [0.15, 0.2) is 41.3 Å². The lowest BCUT2D eigenvalue weighted by molar-refractivity contribution is 0.0573.